The van der Waals surface area contributed by atoms with Gasteiger partial charge in [0.15, 0.2) is 0 Å². The predicted octanol–water partition coefficient (Wildman–Crippen LogP) is 2.05. The van der Waals surface area contributed by atoms with Gasteiger partial charge in [0.2, 0.25) is 5.91 Å². The van der Waals surface area contributed by atoms with E-state index in [0.717, 1.165) is 42.7 Å². The van der Waals surface area contributed by atoms with Gasteiger partial charge in [0.1, 0.15) is 0 Å². The van der Waals surface area contributed by atoms with Crippen LogP contribution in [0.4, 0.5) is 0 Å². The van der Waals surface area contributed by atoms with E-state index < -0.39 is 12.0 Å². The van der Waals surface area contributed by atoms with Crippen LogP contribution in [0.3, 0.4) is 0 Å². The lowest BCUT2D eigenvalue weighted by Crippen LogP contribution is -2.42. The topological polar surface area (TPSA) is 102 Å². The fourth-order valence-electron chi connectivity index (χ4n) is 4.04. The lowest BCUT2D eigenvalue weighted by Gasteiger charge is -2.29. The van der Waals surface area contributed by atoms with Crippen molar-refractivity contribution in [2.45, 2.75) is 37.5 Å². The standard InChI is InChI=1S/C23H28N4O3/c24-23(29)17-6-7-19-20(13-17)27(15-26-19)21(12-16-4-2-1-3-5-16)22(28)14-25-18-8-10-30-11-9-18/h1-7,13,15,18,21-22,25,28H,8-12,14H2,(H2,24,29)/t21-,22+/m0/s1. The number of aliphatic hydroxyl groups is 1. The number of nitrogens with one attached hydrogen (secondary N) is 1. The first kappa shape index (κ1) is 20.5. The quantitative estimate of drug-likeness (QED) is 0.529. The smallest absolute Gasteiger partial charge is 0.248 e. The lowest BCUT2D eigenvalue weighted by atomic mass is 9.99. The van der Waals surface area contributed by atoms with Crippen LogP contribution in [0, 0.1) is 0 Å². The van der Waals surface area contributed by atoms with Crippen LogP contribution in [0.25, 0.3) is 11.0 Å². The second-order valence-corrected chi connectivity index (χ2v) is 7.84. The molecular formula is C23H28N4O3. The summed E-state index contributed by atoms with van der Waals surface area (Å²) in [6.45, 7) is 1.98. The van der Waals surface area contributed by atoms with Crippen LogP contribution in [-0.2, 0) is 11.2 Å². The number of hydrogen-bond donors (Lipinski definition) is 3. The lowest BCUT2D eigenvalue weighted by molar-refractivity contribution is 0.0655. The van der Waals surface area contributed by atoms with Crippen molar-refractivity contribution < 1.29 is 14.6 Å². The Kier molecular flexibility index (Phi) is 6.42. The summed E-state index contributed by atoms with van der Waals surface area (Å²) in [5.74, 6) is -0.481. The van der Waals surface area contributed by atoms with Crippen LogP contribution in [0.2, 0.25) is 0 Å². The molecule has 1 aromatic heterocycles. The number of amides is 1. The molecule has 2 aromatic carbocycles. The van der Waals surface area contributed by atoms with Crippen molar-refractivity contribution in [3.63, 3.8) is 0 Å². The monoisotopic (exact) mass is 408 g/mol. The van der Waals surface area contributed by atoms with E-state index >= 15 is 0 Å². The molecule has 30 heavy (non-hydrogen) atoms. The number of nitrogens with two attached hydrogens (primary N) is 1. The first-order valence-corrected chi connectivity index (χ1v) is 10.4. The summed E-state index contributed by atoms with van der Waals surface area (Å²) in [7, 11) is 0. The van der Waals surface area contributed by atoms with Gasteiger partial charge in [0.05, 0.1) is 29.5 Å². The maximum absolute atomic E-state index is 11.7. The van der Waals surface area contributed by atoms with Crippen molar-refractivity contribution in [1.29, 1.82) is 0 Å². The van der Waals surface area contributed by atoms with Crippen molar-refractivity contribution in [3.05, 3.63) is 66.0 Å². The molecule has 0 bridgehead atoms. The number of ether oxygens (including phenoxy) is 1. The molecule has 158 valence electrons. The summed E-state index contributed by atoms with van der Waals surface area (Å²) in [6.07, 6.45) is 3.64. The van der Waals surface area contributed by atoms with E-state index in [1.165, 1.54) is 0 Å². The van der Waals surface area contributed by atoms with Gasteiger partial charge in [-0.3, -0.25) is 4.79 Å². The molecule has 0 saturated carbocycles. The Hall–Kier alpha value is -2.74. The second-order valence-electron chi connectivity index (χ2n) is 7.84. The van der Waals surface area contributed by atoms with Gasteiger partial charge in [-0.15, -0.1) is 0 Å². The van der Waals surface area contributed by atoms with E-state index in [4.69, 9.17) is 10.5 Å². The molecule has 1 saturated heterocycles. The van der Waals surface area contributed by atoms with Crippen LogP contribution in [0.1, 0.15) is 34.8 Å². The SMILES string of the molecule is NC(=O)c1ccc2ncn([C@@H](Cc3ccccc3)[C@H](O)CNC3CCOCC3)c2c1. The Labute approximate surface area is 175 Å². The van der Waals surface area contributed by atoms with Gasteiger partial charge < -0.3 is 25.5 Å². The Morgan fingerprint density at radius 3 is 2.73 bits per heavy atom. The molecule has 4 rings (SSSR count). The van der Waals surface area contributed by atoms with E-state index in [2.05, 4.69) is 22.4 Å². The summed E-state index contributed by atoms with van der Waals surface area (Å²) in [5.41, 5.74) is 8.58. The number of carbonyl (C=O) groups excluding carboxylic acids is 1. The van der Waals surface area contributed by atoms with Gasteiger partial charge in [0.25, 0.3) is 0 Å². The Bertz CT molecular complexity index is 983. The highest BCUT2D eigenvalue weighted by Gasteiger charge is 2.25. The highest BCUT2D eigenvalue weighted by molar-refractivity contribution is 5.96. The fourth-order valence-corrected chi connectivity index (χ4v) is 4.04. The van der Waals surface area contributed by atoms with Gasteiger partial charge >= 0.3 is 0 Å². The highest BCUT2D eigenvalue weighted by atomic mass is 16.5. The Morgan fingerprint density at radius 1 is 1.23 bits per heavy atom. The normalized spacial score (nSPS) is 17.1. The third-order valence-corrected chi connectivity index (χ3v) is 5.79. The average molecular weight is 409 g/mol. The van der Waals surface area contributed by atoms with Crippen LogP contribution < -0.4 is 11.1 Å². The maximum atomic E-state index is 11.7. The number of aromatic nitrogens is 2. The van der Waals surface area contributed by atoms with E-state index in [1.54, 1.807) is 24.5 Å². The van der Waals surface area contributed by atoms with Gasteiger partial charge in [-0.25, -0.2) is 4.98 Å². The number of benzene rings is 2. The molecule has 0 unspecified atom stereocenters. The molecule has 4 N–H and O–H groups in total. The molecule has 2 atom stereocenters. The molecule has 1 amide bonds. The summed E-state index contributed by atoms with van der Waals surface area (Å²) >= 11 is 0. The average Bonchev–Trinajstić information content (AvgIpc) is 3.20. The maximum Gasteiger partial charge on any atom is 0.248 e. The van der Waals surface area contributed by atoms with Gasteiger partial charge in [0, 0.05) is 31.4 Å². The molecule has 1 aliphatic heterocycles. The van der Waals surface area contributed by atoms with Crippen LogP contribution in [0.5, 0.6) is 0 Å². The molecule has 1 fully saturated rings. The summed E-state index contributed by atoms with van der Waals surface area (Å²) in [4.78, 5) is 16.1. The number of carbonyl (C=O) groups is 1. The summed E-state index contributed by atoms with van der Waals surface area (Å²) in [5, 5.41) is 14.7. The Balaban J connectivity index is 1.62. The zero-order valence-corrected chi connectivity index (χ0v) is 16.9. The molecule has 0 radical (unpaired) electrons. The second kappa shape index (κ2) is 9.38. The molecular weight excluding hydrogens is 380 g/mol. The van der Waals surface area contributed by atoms with Crippen molar-refractivity contribution in [1.82, 2.24) is 14.9 Å². The number of imidazole rings is 1. The predicted molar refractivity (Wildman–Crippen MR) is 115 cm³/mol. The summed E-state index contributed by atoms with van der Waals surface area (Å²) < 4.78 is 7.38. The third-order valence-electron chi connectivity index (χ3n) is 5.79. The number of fused-ring (bicyclic) bond motifs is 1. The fraction of sp³-hybridized carbons (Fsp3) is 0.391. The van der Waals surface area contributed by atoms with Crippen molar-refractivity contribution >= 4 is 16.9 Å². The van der Waals surface area contributed by atoms with E-state index in [0.29, 0.717) is 24.6 Å². The molecule has 0 aliphatic carbocycles. The molecule has 2 heterocycles. The number of primary amides is 1. The summed E-state index contributed by atoms with van der Waals surface area (Å²) in [6, 6.07) is 15.4. The van der Waals surface area contributed by atoms with Crippen LogP contribution in [-0.4, -0.2) is 52.5 Å². The van der Waals surface area contributed by atoms with Gasteiger partial charge in [-0.2, -0.15) is 0 Å². The zero-order valence-electron chi connectivity index (χ0n) is 16.9. The molecule has 1 aliphatic rings. The van der Waals surface area contributed by atoms with Crippen LogP contribution >= 0.6 is 0 Å². The number of aliphatic hydroxyl groups excluding tert-OH is 1. The number of nitrogens with zero attached hydrogens (tertiary/aromatic N) is 2. The number of rotatable bonds is 8. The third kappa shape index (κ3) is 4.70. The minimum atomic E-state index is -0.636. The van der Waals surface area contributed by atoms with Gasteiger partial charge in [-0.1, -0.05) is 30.3 Å². The first-order chi connectivity index (χ1) is 14.6. The minimum Gasteiger partial charge on any atom is -0.390 e. The molecule has 3 aromatic rings. The molecule has 7 nitrogen and oxygen atoms in total. The van der Waals surface area contributed by atoms with Crippen molar-refractivity contribution in [2.24, 2.45) is 5.73 Å². The zero-order chi connectivity index (χ0) is 20.9. The van der Waals surface area contributed by atoms with Crippen LogP contribution in [0.15, 0.2) is 54.9 Å². The Morgan fingerprint density at radius 2 is 2.00 bits per heavy atom. The van der Waals surface area contributed by atoms with E-state index in [9.17, 15) is 9.90 Å². The largest absolute Gasteiger partial charge is 0.390 e. The van der Waals surface area contributed by atoms with Crippen molar-refractivity contribution in [2.75, 3.05) is 19.8 Å². The minimum absolute atomic E-state index is 0.243. The first-order valence-electron chi connectivity index (χ1n) is 10.4. The van der Waals surface area contributed by atoms with Crippen molar-refractivity contribution in [3.8, 4) is 0 Å². The molecule has 0 spiro atoms. The van der Waals surface area contributed by atoms with E-state index in [-0.39, 0.29) is 6.04 Å². The molecule has 7 heteroatoms. The van der Waals surface area contributed by atoms with E-state index in [1.807, 2.05) is 22.8 Å². The highest BCUT2D eigenvalue weighted by Crippen LogP contribution is 2.25. The number of hydrogen-bond acceptors (Lipinski definition) is 5. The van der Waals surface area contributed by atoms with Gasteiger partial charge in [-0.05, 0) is 43.0 Å².